The van der Waals surface area contributed by atoms with Crippen LogP contribution in [0.4, 0.5) is 14.4 Å². The molecule has 0 aliphatic carbocycles. The maximum Gasteiger partial charge on any atom is 0.412 e. The van der Waals surface area contributed by atoms with Crippen LogP contribution in [0.5, 0.6) is 5.75 Å². The van der Waals surface area contributed by atoms with Gasteiger partial charge in [-0.1, -0.05) is 32.0 Å². The molecule has 3 aliphatic rings. The van der Waals surface area contributed by atoms with Gasteiger partial charge in [-0.2, -0.15) is 0 Å². The Labute approximate surface area is 378 Å². The van der Waals surface area contributed by atoms with E-state index in [-0.39, 0.29) is 36.4 Å². The molecule has 5 heterocycles. The first-order valence-electron chi connectivity index (χ1n) is 22.2. The van der Waals surface area contributed by atoms with Crippen LogP contribution in [0, 0.1) is 11.8 Å². The molecule has 65 heavy (non-hydrogen) atoms. The van der Waals surface area contributed by atoms with Gasteiger partial charge >= 0.3 is 18.3 Å². The van der Waals surface area contributed by atoms with Crippen LogP contribution in [0.3, 0.4) is 0 Å². The molecule has 3 aliphatic heterocycles. The van der Waals surface area contributed by atoms with Crippen LogP contribution in [0.1, 0.15) is 98.2 Å². The van der Waals surface area contributed by atoms with Crippen molar-refractivity contribution in [2.45, 2.75) is 111 Å². The quantitative estimate of drug-likeness (QED) is 0.127. The topological polar surface area (TPSA) is 194 Å². The number of methoxy groups -OCH3 is 2. The molecule has 2 aromatic heterocycles. The first-order valence-corrected chi connectivity index (χ1v) is 22.2. The van der Waals surface area contributed by atoms with Crippen molar-refractivity contribution in [2.24, 2.45) is 11.8 Å². The number of aromatic nitrogens is 4. The summed E-state index contributed by atoms with van der Waals surface area (Å²) in [5.74, 6) is 1.24. The summed E-state index contributed by atoms with van der Waals surface area (Å²) in [5.41, 5.74) is 4.67. The van der Waals surface area contributed by atoms with Gasteiger partial charge in [-0.25, -0.2) is 24.4 Å². The zero-order valence-electron chi connectivity index (χ0n) is 39.0. The maximum absolute atomic E-state index is 14.4. The Morgan fingerprint density at radius 3 is 2.29 bits per heavy atom. The number of fused-ring (bicyclic) bond motifs is 6. The van der Waals surface area contributed by atoms with E-state index in [1.807, 2.05) is 59.7 Å². The third-order valence-corrected chi connectivity index (χ3v) is 12.0. The number of nitrogens with zero attached hydrogens (tertiary/aromatic N) is 5. The van der Waals surface area contributed by atoms with Gasteiger partial charge in [0.25, 0.3) is 0 Å². The van der Waals surface area contributed by atoms with E-state index in [4.69, 9.17) is 33.7 Å². The number of alkyl carbamates (subject to hydrolysis) is 1. The van der Waals surface area contributed by atoms with E-state index in [0.29, 0.717) is 54.6 Å². The van der Waals surface area contributed by atoms with Crippen LogP contribution in [0.2, 0.25) is 0 Å². The lowest BCUT2D eigenvalue weighted by Gasteiger charge is -2.34. The molecule has 0 spiro atoms. The average Bonchev–Trinajstić information content (AvgIpc) is 4.05. The molecule has 0 unspecified atom stereocenters. The molecule has 2 saturated heterocycles. The number of nitrogens with one attached hydrogen (secondary N) is 3. The average molecular weight is 893 g/mol. The lowest BCUT2D eigenvalue weighted by Crippen LogP contribution is -2.53. The van der Waals surface area contributed by atoms with Crippen molar-refractivity contribution in [2.75, 3.05) is 33.9 Å². The zero-order chi connectivity index (χ0) is 46.7. The number of imidazole rings is 2. The van der Waals surface area contributed by atoms with E-state index in [2.05, 4.69) is 39.6 Å². The molecule has 3 N–H and O–H groups in total. The number of carbonyl (C=O) groups excluding carboxylic acids is 4. The van der Waals surface area contributed by atoms with Crippen molar-refractivity contribution in [1.82, 2.24) is 40.0 Å². The smallest absolute Gasteiger partial charge is 0.412 e. The number of aromatic amines is 2. The fraction of sp³-hybridized carbons (Fsp3) is 0.500. The third-order valence-electron chi connectivity index (χ3n) is 12.0. The van der Waals surface area contributed by atoms with Crippen LogP contribution in [0.25, 0.3) is 44.2 Å². The van der Waals surface area contributed by atoms with Crippen LogP contribution in [-0.2, 0) is 30.3 Å². The minimum atomic E-state index is -0.967. The van der Waals surface area contributed by atoms with Gasteiger partial charge in [0.05, 0.1) is 42.7 Å². The molecule has 17 nitrogen and oxygen atoms in total. The molecule has 17 heteroatoms. The largest absolute Gasteiger partial charge is 0.488 e. The van der Waals surface area contributed by atoms with Gasteiger partial charge in [0, 0.05) is 43.1 Å². The second kappa shape index (κ2) is 17.2. The summed E-state index contributed by atoms with van der Waals surface area (Å²) >= 11 is 0. The highest BCUT2D eigenvalue weighted by Gasteiger charge is 2.49. The van der Waals surface area contributed by atoms with Crippen LogP contribution in [0.15, 0.2) is 48.7 Å². The van der Waals surface area contributed by atoms with Crippen molar-refractivity contribution < 1.29 is 42.9 Å². The number of carbonyl (C=O) groups is 4. The molecule has 8 rings (SSSR count). The van der Waals surface area contributed by atoms with Gasteiger partial charge in [0.15, 0.2) is 12.0 Å². The Balaban J connectivity index is 1.10. The second-order valence-corrected chi connectivity index (χ2v) is 19.7. The highest BCUT2D eigenvalue weighted by atomic mass is 16.6. The molecular formula is C48H60N8O9. The van der Waals surface area contributed by atoms with Crippen LogP contribution >= 0.6 is 0 Å². The minimum Gasteiger partial charge on any atom is -0.488 e. The molecule has 0 radical (unpaired) electrons. The lowest BCUT2D eigenvalue weighted by atomic mass is 9.92. The number of H-pyrrole nitrogens is 2. The summed E-state index contributed by atoms with van der Waals surface area (Å²) in [5, 5.41) is 4.44. The first kappa shape index (κ1) is 45.2. The predicted molar refractivity (Wildman–Crippen MR) is 243 cm³/mol. The SMILES string of the molecule is COC[C@H]1C[C@@H](c2ncc(-c3ccc4c(c3)COc3cc5c(ccc6[nH]c([C@@H]7N(C(=O)OC(C)(C)C)C[C@H](C)N7C(=O)[C@@H](NC(=O)OC)C(C)C)nc65)cc3-4)[nH]2)N(C(=O)OC(C)(C)C)C1. The van der Waals surface area contributed by atoms with Gasteiger partial charge in [0.1, 0.15) is 35.4 Å². The van der Waals surface area contributed by atoms with Gasteiger partial charge < -0.3 is 43.9 Å². The van der Waals surface area contributed by atoms with Crippen molar-refractivity contribution in [3.8, 4) is 28.1 Å². The number of hydrogen-bond donors (Lipinski definition) is 3. The van der Waals surface area contributed by atoms with Gasteiger partial charge in [-0.3, -0.25) is 14.6 Å². The third kappa shape index (κ3) is 9.02. The first-order chi connectivity index (χ1) is 30.7. The van der Waals surface area contributed by atoms with E-state index in [1.165, 1.54) is 12.0 Å². The summed E-state index contributed by atoms with van der Waals surface area (Å²) in [4.78, 5) is 75.5. The molecule has 5 atom stereocenters. The zero-order valence-corrected chi connectivity index (χ0v) is 39.0. The Bertz CT molecular complexity index is 2640. The van der Waals surface area contributed by atoms with E-state index in [1.54, 1.807) is 43.9 Å². The van der Waals surface area contributed by atoms with Gasteiger partial charge in [0.2, 0.25) is 5.91 Å². The summed E-state index contributed by atoms with van der Waals surface area (Å²) in [6.07, 6.45) is -0.159. The lowest BCUT2D eigenvalue weighted by molar-refractivity contribution is -0.138. The molecule has 4 amide bonds. The predicted octanol–water partition coefficient (Wildman–Crippen LogP) is 8.46. The normalized spacial score (nSPS) is 20.2. The highest BCUT2D eigenvalue weighted by molar-refractivity contribution is 6.07. The molecule has 0 bridgehead atoms. The van der Waals surface area contributed by atoms with Crippen molar-refractivity contribution in [3.05, 3.63) is 65.9 Å². The van der Waals surface area contributed by atoms with Crippen molar-refractivity contribution in [1.29, 1.82) is 0 Å². The van der Waals surface area contributed by atoms with Crippen LogP contribution in [-0.4, -0.2) is 116 Å². The van der Waals surface area contributed by atoms with E-state index < -0.39 is 41.6 Å². The summed E-state index contributed by atoms with van der Waals surface area (Å²) < 4.78 is 28.4. The summed E-state index contributed by atoms with van der Waals surface area (Å²) in [6, 6.07) is 12.6. The highest BCUT2D eigenvalue weighted by Crippen LogP contribution is 2.44. The van der Waals surface area contributed by atoms with Gasteiger partial charge in [-0.15, -0.1) is 0 Å². The minimum absolute atomic E-state index is 0.154. The number of likely N-dealkylation sites (tertiary alicyclic amines) is 1. The number of rotatable bonds is 8. The Kier molecular flexibility index (Phi) is 12.0. The van der Waals surface area contributed by atoms with Gasteiger partial charge in [-0.05, 0) is 107 Å². The second-order valence-electron chi connectivity index (χ2n) is 19.7. The monoisotopic (exact) mass is 892 g/mol. The fourth-order valence-electron chi connectivity index (χ4n) is 9.14. The fourth-order valence-corrected chi connectivity index (χ4v) is 9.14. The Hall–Kier alpha value is -6.36. The van der Waals surface area contributed by atoms with Crippen LogP contribution < -0.4 is 10.1 Å². The Morgan fingerprint density at radius 2 is 1.62 bits per heavy atom. The number of ether oxygens (including phenoxy) is 5. The number of benzene rings is 3. The molecule has 346 valence electrons. The molecule has 2 fully saturated rings. The van der Waals surface area contributed by atoms with Crippen molar-refractivity contribution >= 4 is 46.0 Å². The maximum atomic E-state index is 14.4. The standard InChI is InChI=1S/C48H60N8O9/c1-25(2)38(53-44(58)62-11)43(57)56-26(3)21-55(46(60)65-48(7,8)9)42(56)41-50-34-15-13-28-18-33-31-14-12-29(17-30(31)24-63-37(33)19-32(28)39(34)52-41)35-20-49-40(51-35)36-16-27(23-61-10)22-54(36)45(59)64-47(4,5)6/h12-15,17-20,25-27,36,38,42H,16,21-24H2,1-11H3,(H,49,51)(H,50,52)(H,53,58)/t26-,27-,36-,38-,42+/m0/s1. The van der Waals surface area contributed by atoms with Crippen molar-refractivity contribution in [3.63, 3.8) is 0 Å². The molecule has 5 aromatic rings. The number of hydrogen-bond acceptors (Lipinski definition) is 11. The molecular weight excluding hydrogens is 833 g/mol. The molecule has 0 saturated carbocycles. The van der Waals surface area contributed by atoms with E-state index in [9.17, 15) is 19.2 Å². The molecule has 3 aromatic carbocycles. The van der Waals surface area contributed by atoms with E-state index >= 15 is 0 Å². The summed E-state index contributed by atoms with van der Waals surface area (Å²) in [7, 11) is 2.92. The summed E-state index contributed by atoms with van der Waals surface area (Å²) in [6.45, 7) is 18.0. The van der Waals surface area contributed by atoms with E-state index in [0.717, 1.165) is 38.7 Å². The number of amides is 4. The Morgan fingerprint density at radius 1 is 0.892 bits per heavy atom.